The fraction of sp³-hybridized carbons (Fsp3) is 0.231. The van der Waals surface area contributed by atoms with Crippen LogP contribution in [0.25, 0.3) is 0 Å². The van der Waals surface area contributed by atoms with Gasteiger partial charge in [-0.1, -0.05) is 74.0 Å². The van der Waals surface area contributed by atoms with Gasteiger partial charge in [0, 0.05) is 15.9 Å². The maximum Gasteiger partial charge on any atom is 0.238 e. The largest absolute Gasteiger partial charge is 0.274 e. The molecular weight excluding hydrogens is 394 g/mol. The van der Waals surface area contributed by atoms with E-state index >= 15 is 0 Å². The average Bonchev–Trinajstić information content (AvgIpc) is 3.04. The molecule has 3 aliphatic carbocycles. The number of anilines is 1. The highest BCUT2D eigenvalue weighted by atomic mass is 35.5. The van der Waals surface area contributed by atoms with Crippen LogP contribution in [0, 0.1) is 11.8 Å². The van der Waals surface area contributed by atoms with E-state index in [1.54, 1.807) is 24.3 Å². The smallest absolute Gasteiger partial charge is 0.238 e. The van der Waals surface area contributed by atoms with Crippen molar-refractivity contribution in [3.63, 3.8) is 0 Å². The first-order chi connectivity index (χ1) is 14.4. The Hall–Kier alpha value is -2.91. The van der Waals surface area contributed by atoms with E-state index in [4.69, 9.17) is 11.6 Å². The second-order valence-electron chi connectivity index (χ2n) is 8.94. The van der Waals surface area contributed by atoms with Crippen LogP contribution < -0.4 is 4.90 Å². The molecule has 4 heteroatoms. The van der Waals surface area contributed by atoms with Gasteiger partial charge in [0.15, 0.2) is 0 Å². The summed E-state index contributed by atoms with van der Waals surface area (Å²) in [6.07, 6.45) is 0. The zero-order chi connectivity index (χ0) is 20.8. The molecule has 3 aromatic rings. The van der Waals surface area contributed by atoms with Crippen LogP contribution in [-0.4, -0.2) is 11.8 Å². The second kappa shape index (κ2) is 5.61. The van der Waals surface area contributed by atoms with Gasteiger partial charge >= 0.3 is 0 Å². The summed E-state index contributed by atoms with van der Waals surface area (Å²) in [5.74, 6) is -1.11. The summed E-state index contributed by atoms with van der Waals surface area (Å²) >= 11 is 6.05. The first kappa shape index (κ1) is 17.9. The first-order valence-corrected chi connectivity index (χ1v) is 10.6. The van der Waals surface area contributed by atoms with Gasteiger partial charge in [0.2, 0.25) is 11.8 Å². The molecule has 0 saturated carbocycles. The number of amides is 2. The minimum Gasteiger partial charge on any atom is -0.274 e. The molecule has 4 aliphatic rings. The summed E-state index contributed by atoms with van der Waals surface area (Å²) in [6, 6.07) is 23.6. The van der Waals surface area contributed by atoms with E-state index in [2.05, 4.69) is 38.1 Å². The Morgan fingerprint density at radius 1 is 0.667 bits per heavy atom. The standard InChI is InChI=1S/C26H20ClNO2/c1-25-17-7-3-5-9-19(17)26(2,20-10-6-4-8-18(20)25)22-21(25)23(29)28(24(22)30)16-13-11-15(27)12-14-16/h3-14,21-22H,1-2H3/t21-,22+,25?,26?. The fourth-order valence-electron chi connectivity index (χ4n) is 6.42. The molecule has 0 radical (unpaired) electrons. The summed E-state index contributed by atoms with van der Waals surface area (Å²) in [4.78, 5) is 29.1. The van der Waals surface area contributed by atoms with Crippen molar-refractivity contribution in [2.45, 2.75) is 24.7 Å². The van der Waals surface area contributed by atoms with Crippen molar-refractivity contribution in [2.75, 3.05) is 4.90 Å². The van der Waals surface area contributed by atoms with E-state index in [0.29, 0.717) is 10.7 Å². The Balaban J connectivity index is 1.66. The maximum absolute atomic E-state index is 13.9. The van der Waals surface area contributed by atoms with Crippen LogP contribution in [-0.2, 0) is 20.4 Å². The first-order valence-electron chi connectivity index (χ1n) is 10.2. The molecule has 0 aromatic heterocycles. The third-order valence-corrected chi connectivity index (χ3v) is 7.98. The van der Waals surface area contributed by atoms with Crippen LogP contribution in [0.15, 0.2) is 72.8 Å². The molecule has 0 N–H and O–H groups in total. The Bertz CT molecular complexity index is 1120. The summed E-state index contributed by atoms with van der Waals surface area (Å²) in [6.45, 7) is 4.27. The van der Waals surface area contributed by atoms with E-state index in [1.165, 1.54) is 4.90 Å². The molecule has 3 aromatic carbocycles. The van der Waals surface area contributed by atoms with Crippen molar-refractivity contribution < 1.29 is 9.59 Å². The molecule has 0 spiro atoms. The molecule has 1 heterocycles. The van der Waals surface area contributed by atoms with Crippen molar-refractivity contribution in [3.05, 3.63) is 100 Å². The van der Waals surface area contributed by atoms with E-state index < -0.39 is 22.7 Å². The number of hydrogen-bond acceptors (Lipinski definition) is 2. The minimum atomic E-state index is -0.552. The molecule has 7 rings (SSSR count). The van der Waals surface area contributed by atoms with Crippen LogP contribution in [0.5, 0.6) is 0 Å². The molecule has 1 aliphatic heterocycles. The molecule has 2 atom stereocenters. The van der Waals surface area contributed by atoms with Gasteiger partial charge in [-0.3, -0.25) is 9.59 Å². The molecular formula is C26H20ClNO2. The number of rotatable bonds is 1. The summed E-state index contributed by atoms with van der Waals surface area (Å²) < 4.78 is 0. The predicted octanol–water partition coefficient (Wildman–Crippen LogP) is 5.08. The minimum absolute atomic E-state index is 0.120. The van der Waals surface area contributed by atoms with Crippen LogP contribution in [0.4, 0.5) is 5.69 Å². The van der Waals surface area contributed by atoms with Crippen molar-refractivity contribution in [2.24, 2.45) is 11.8 Å². The number of carbonyl (C=O) groups is 2. The lowest BCUT2D eigenvalue weighted by atomic mass is 9.42. The Morgan fingerprint density at radius 3 is 1.40 bits per heavy atom. The molecule has 2 amide bonds. The maximum atomic E-state index is 13.9. The van der Waals surface area contributed by atoms with Crippen molar-refractivity contribution in [1.29, 1.82) is 0 Å². The predicted molar refractivity (Wildman–Crippen MR) is 117 cm³/mol. The van der Waals surface area contributed by atoms with Crippen molar-refractivity contribution >= 4 is 29.1 Å². The van der Waals surface area contributed by atoms with E-state index in [1.807, 2.05) is 24.3 Å². The van der Waals surface area contributed by atoms with Gasteiger partial charge in [-0.05, 0) is 46.5 Å². The molecule has 1 saturated heterocycles. The zero-order valence-electron chi connectivity index (χ0n) is 16.7. The Kier molecular flexibility index (Phi) is 3.35. The lowest BCUT2D eigenvalue weighted by molar-refractivity contribution is -0.124. The number of imide groups is 1. The van der Waals surface area contributed by atoms with E-state index in [-0.39, 0.29) is 11.8 Å². The lowest BCUT2D eigenvalue weighted by Gasteiger charge is -2.57. The number of nitrogens with zero attached hydrogens (tertiary/aromatic N) is 1. The average molecular weight is 414 g/mol. The number of halogens is 1. The van der Waals surface area contributed by atoms with Gasteiger partial charge in [0.05, 0.1) is 17.5 Å². The molecule has 148 valence electrons. The molecule has 1 fully saturated rings. The highest BCUT2D eigenvalue weighted by molar-refractivity contribution is 6.31. The van der Waals surface area contributed by atoms with Gasteiger partial charge < -0.3 is 0 Å². The Morgan fingerprint density at radius 2 is 1.03 bits per heavy atom. The summed E-state index contributed by atoms with van der Waals surface area (Å²) in [5, 5.41) is 0.578. The monoisotopic (exact) mass is 413 g/mol. The number of benzene rings is 3. The van der Waals surface area contributed by atoms with Gasteiger partial charge in [-0.25, -0.2) is 4.90 Å². The lowest BCUT2D eigenvalue weighted by Crippen LogP contribution is -2.59. The second-order valence-corrected chi connectivity index (χ2v) is 9.38. The highest BCUT2D eigenvalue weighted by Gasteiger charge is 2.70. The quantitative estimate of drug-likeness (QED) is 0.521. The third-order valence-electron chi connectivity index (χ3n) is 7.73. The SMILES string of the molecule is CC12c3ccccc3C(C)(c3ccccc31)[C@H]1C(=O)N(c3ccc(Cl)cc3)C(=O)[C@H]12. The molecule has 2 bridgehead atoms. The van der Waals surface area contributed by atoms with E-state index in [9.17, 15) is 9.59 Å². The zero-order valence-corrected chi connectivity index (χ0v) is 17.5. The molecule has 0 unspecified atom stereocenters. The van der Waals surface area contributed by atoms with Gasteiger partial charge in [0.1, 0.15) is 0 Å². The number of carbonyl (C=O) groups excluding carboxylic acids is 2. The van der Waals surface area contributed by atoms with Gasteiger partial charge in [-0.2, -0.15) is 0 Å². The topological polar surface area (TPSA) is 37.4 Å². The normalized spacial score (nSPS) is 30.8. The Labute approximate surface area is 180 Å². The molecule has 3 nitrogen and oxygen atoms in total. The van der Waals surface area contributed by atoms with Gasteiger partial charge in [-0.15, -0.1) is 0 Å². The van der Waals surface area contributed by atoms with Gasteiger partial charge in [0.25, 0.3) is 0 Å². The highest BCUT2D eigenvalue weighted by Crippen LogP contribution is 2.66. The van der Waals surface area contributed by atoms with E-state index in [0.717, 1.165) is 22.3 Å². The van der Waals surface area contributed by atoms with Crippen LogP contribution in [0.3, 0.4) is 0 Å². The van der Waals surface area contributed by atoms with Crippen LogP contribution in [0.2, 0.25) is 5.02 Å². The molecule has 30 heavy (non-hydrogen) atoms. The van der Waals surface area contributed by atoms with Crippen LogP contribution in [0.1, 0.15) is 36.1 Å². The summed E-state index contributed by atoms with van der Waals surface area (Å²) in [7, 11) is 0. The van der Waals surface area contributed by atoms with Crippen molar-refractivity contribution in [1.82, 2.24) is 0 Å². The fourth-order valence-corrected chi connectivity index (χ4v) is 6.54. The summed E-state index contributed by atoms with van der Waals surface area (Å²) in [5.41, 5.74) is 4.12. The number of hydrogen-bond donors (Lipinski definition) is 0. The van der Waals surface area contributed by atoms with Crippen LogP contribution >= 0.6 is 11.6 Å². The van der Waals surface area contributed by atoms with Crippen molar-refractivity contribution in [3.8, 4) is 0 Å². The third kappa shape index (κ3) is 1.83.